The number of hydrogen-bond donors (Lipinski definition) is 0. The predicted octanol–water partition coefficient (Wildman–Crippen LogP) is 30.7. The lowest BCUT2D eigenvalue weighted by Gasteiger charge is -2.05. The fourth-order valence-corrected chi connectivity index (χ4v) is 5.47. The van der Waals surface area contributed by atoms with E-state index in [0.29, 0.717) is 0 Å². The van der Waals surface area contributed by atoms with E-state index in [2.05, 4.69) is 90.1 Å². The molecule has 462 valence electrons. The second-order valence-electron chi connectivity index (χ2n) is 14.3. The zero-order chi connectivity index (χ0) is 60.4. The van der Waals surface area contributed by atoms with E-state index in [0.717, 1.165) is 0 Å². The molecule has 0 spiro atoms. The normalized spacial score (nSPS) is 10.3. The molecular formula is C77H154. The monoisotopic (exact) mass is 1080 g/mol. The maximum Gasteiger partial charge on any atom is -0.0184 e. The average molecular weight is 1080 g/mol. The SMILES string of the molecule is C.C.C1CCCCC1.C1CCCCC1.C1CCCCC1.CC.CC.CC.CC.CC.CC.CC.CC.CC.CC.CCC.CCC.CCC.c1ccc2ccccc2c1.c1ccccc1.c1ccccc1.c1ccccc1. The molecule has 0 bridgehead atoms. The summed E-state index contributed by atoms with van der Waals surface area (Å²) in [6.45, 7) is 52.8. The van der Waals surface area contributed by atoms with Crippen molar-refractivity contribution in [2.24, 2.45) is 0 Å². The van der Waals surface area contributed by atoms with Crippen LogP contribution in [0.15, 0.2) is 158 Å². The van der Waals surface area contributed by atoms with Crippen molar-refractivity contribution in [3.8, 4) is 0 Å². The van der Waals surface area contributed by atoms with Gasteiger partial charge in [-0.05, 0) is 10.8 Å². The van der Waals surface area contributed by atoms with Crippen molar-refractivity contribution < 1.29 is 0 Å². The maximum absolute atomic E-state index is 2.12. The maximum atomic E-state index is 2.12. The van der Waals surface area contributed by atoms with Gasteiger partial charge in [0, 0.05) is 0 Å². The van der Waals surface area contributed by atoms with Crippen LogP contribution >= 0.6 is 0 Å². The molecule has 0 saturated heterocycles. The minimum atomic E-state index is 0. The van der Waals surface area contributed by atoms with Crippen LogP contribution in [0.5, 0.6) is 0 Å². The molecule has 3 saturated carbocycles. The molecule has 0 N–H and O–H groups in total. The predicted molar refractivity (Wildman–Crippen MR) is 381 cm³/mol. The molecule has 0 nitrogen and oxygen atoms in total. The van der Waals surface area contributed by atoms with Crippen molar-refractivity contribution in [1.29, 1.82) is 0 Å². The number of rotatable bonds is 0. The second-order valence-corrected chi connectivity index (χ2v) is 14.3. The van der Waals surface area contributed by atoms with Gasteiger partial charge in [-0.15, -0.1) is 0 Å². The molecule has 3 fully saturated rings. The van der Waals surface area contributed by atoms with E-state index in [4.69, 9.17) is 0 Å². The van der Waals surface area contributed by atoms with Crippen LogP contribution in [0.1, 0.15) is 330 Å². The molecule has 5 aromatic carbocycles. The van der Waals surface area contributed by atoms with Crippen molar-refractivity contribution in [3.05, 3.63) is 158 Å². The first-order chi connectivity index (χ1) is 37.2. The summed E-state index contributed by atoms with van der Waals surface area (Å²) in [4.78, 5) is 0. The van der Waals surface area contributed by atoms with Gasteiger partial charge in [-0.1, -0.05) is 487 Å². The summed E-state index contributed by atoms with van der Waals surface area (Å²) in [7, 11) is 0. The van der Waals surface area contributed by atoms with Crippen LogP contribution < -0.4 is 0 Å². The van der Waals surface area contributed by atoms with Crippen molar-refractivity contribution in [1.82, 2.24) is 0 Å². The Morgan fingerprint density at radius 3 is 0.299 bits per heavy atom. The van der Waals surface area contributed by atoms with E-state index in [1.165, 1.54) is 146 Å². The van der Waals surface area contributed by atoms with Crippen LogP contribution in [-0.2, 0) is 0 Å². The largest absolute Gasteiger partial charge is 0.0776 e. The van der Waals surface area contributed by atoms with Crippen LogP contribution in [-0.4, -0.2) is 0 Å². The number of hydrogen-bond acceptors (Lipinski definition) is 0. The Labute approximate surface area is 495 Å². The quantitative estimate of drug-likeness (QED) is 0.145. The molecule has 0 aromatic heterocycles. The molecule has 0 heteroatoms. The van der Waals surface area contributed by atoms with Crippen LogP contribution in [0.4, 0.5) is 0 Å². The Bertz CT molecular complexity index is 981. The topological polar surface area (TPSA) is 0 Å². The molecule has 0 heterocycles. The fraction of sp³-hybridized carbons (Fsp3) is 0.636. The molecule has 0 aliphatic heterocycles. The van der Waals surface area contributed by atoms with Crippen LogP contribution in [0.3, 0.4) is 0 Å². The molecule has 77 heavy (non-hydrogen) atoms. The van der Waals surface area contributed by atoms with Gasteiger partial charge in [-0.3, -0.25) is 0 Å². The summed E-state index contributed by atoms with van der Waals surface area (Å²) in [6, 6.07) is 52.7. The van der Waals surface area contributed by atoms with E-state index in [9.17, 15) is 0 Å². The highest BCUT2D eigenvalue weighted by atomic mass is 14.0. The van der Waals surface area contributed by atoms with Gasteiger partial charge in [-0.2, -0.15) is 0 Å². The third-order valence-electron chi connectivity index (χ3n) is 8.16. The Morgan fingerprint density at radius 1 is 0.169 bits per heavy atom. The zero-order valence-corrected chi connectivity index (χ0v) is 56.9. The van der Waals surface area contributed by atoms with E-state index in [1.54, 1.807) is 0 Å². The van der Waals surface area contributed by atoms with Crippen LogP contribution in [0.2, 0.25) is 0 Å². The van der Waals surface area contributed by atoms with Crippen molar-refractivity contribution >= 4 is 10.8 Å². The van der Waals surface area contributed by atoms with Gasteiger partial charge in [0.1, 0.15) is 0 Å². The van der Waals surface area contributed by atoms with E-state index >= 15 is 0 Å². The molecule has 3 aliphatic rings. The van der Waals surface area contributed by atoms with Gasteiger partial charge in [0.05, 0.1) is 0 Å². The lowest BCUT2D eigenvalue weighted by atomic mass is 10.0. The molecule has 0 amide bonds. The second kappa shape index (κ2) is 151. The van der Waals surface area contributed by atoms with Gasteiger partial charge in [0.15, 0.2) is 0 Å². The first kappa shape index (κ1) is 109. The van der Waals surface area contributed by atoms with Crippen molar-refractivity contribution in [2.45, 2.75) is 330 Å². The Balaban J connectivity index is -0.0000000465. The highest BCUT2D eigenvalue weighted by Crippen LogP contribution is 2.16. The van der Waals surface area contributed by atoms with E-state index in [-0.39, 0.29) is 14.9 Å². The Hall–Kier alpha value is -3.64. The fourth-order valence-electron chi connectivity index (χ4n) is 5.47. The molecule has 0 unspecified atom stereocenters. The van der Waals surface area contributed by atoms with Gasteiger partial charge in [0.25, 0.3) is 0 Å². The van der Waals surface area contributed by atoms with Gasteiger partial charge in [-0.25, -0.2) is 0 Å². The molecule has 0 radical (unpaired) electrons. The lowest BCUT2D eigenvalue weighted by Crippen LogP contribution is -1.85. The zero-order valence-electron chi connectivity index (χ0n) is 56.9. The van der Waals surface area contributed by atoms with E-state index in [1.807, 2.05) is 248 Å². The molecule has 5 aromatic rings. The van der Waals surface area contributed by atoms with Crippen LogP contribution in [0.25, 0.3) is 10.8 Å². The Kier molecular flexibility index (Phi) is 214. The smallest absolute Gasteiger partial charge is 0.0184 e. The molecular weight excluding hydrogens is 925 g/mol. The van der Waals surface area contributed by atoms with Crippen molar-refractivity contribution in [2.75, 3.05) is 0 Å². The highest BCUT2D eigenvalue weighted by Gasteiger charge is 1.96. The minimum Gasteiger partial charge on any atom is -0.0776 e. The third-order valence-corrected chi connectivity index (χ3v) is 8.16. The van der Waals surface area contributed by atoms with Crippen molar-refractivity contribution in [3.63, 3.8) is 0 Å². The number of fused-ring (bicyclic) bond motifs is 1. The first-order valence-electron chi connectivity index (χ1n) is 32.6. The first-order valence-corrected chi connectivity index (χ1v) is 32.6. The van der Waals surface area contributed by atoms with E-state index < -0.39 is 0 Å². The summed E-state index contributed by atoms with van der Waals surface area (Å²) in [5, 5.41) is 2.62. The summed E-state index contributed by atoms with van der Waals surface area (Å²) in [6.07, 6.45) is 30.8. The summed E-state index contributed by atoms with van der Waals surface area (Å²) in [5.41, 5.74) is 0. The molecule has 3 aliphatic carbocycles. The third kappa shape index (κ3) is 141. The van der Waals surface area contributed by atoms with Gasteiger partial charge in [0.2, 0.25) is 0 Å². The minimum absolute atomic E-state index is 0. The standard InChI is InChI=1S/C10H8.3C6H12.3C6H6.3C3H8.10C2H6.2CH4/c1-2-6-10-8-4-3-7-9(10)5-1;6*1-2-4-6-5-3-1;3*1-3-2;10*1-2;;/h1-8H;3*1-6H2;3*1-6H;3*3H2,1-2H3;10*1-2H3;2*1H4. The average Bonchev–Trinajstić information content (AvgIpc) is 3.56. The Morgan fingerprint density at radius 2 is 0.234 bits per heavy atom. The number of benzene rings is 5. The summed E-state index contributed by atoms with van der Waals surface area (Å²) in [5.74, 6) is 0. The van der Waals surface area contributed by atoms with Gasteiger partial charge < -0.3 is 0 Å². The molecule has 0 atom stereocenters. The summed E-state index contributed by atoms with van der Waals surface area (Å²) < 4.78 is 0. The van der Waals surface area contributed by atoms with Gasteiger partial charge >= 0.3 is 0 Å². The summed E-state index contributed by atoms with van der Waals surface area (Å²) >= 11 is 0. The van der Waals surface area contributed by atoms with Crippen LogP contribution in [0, 0.1) is 0 Å². The molecule has 8 rings (SSSR count). The lowest BCUT2D eigenvalue weighted by molar-refractivity contribution is 0.504. The highest BCUT2D eigenvalue weighted by molar-refractivity contribution is 5.82.